The number of benzene rings is 1. The number of hydrogen-bond acceptors (Lipinski definition) is 7. The number of aromatic nitrogens is 2. The smallest absolute Gasteiger partial charge is 0.356 e. The van der Waals surface area contributed by atoms with E-state index < -0.39 is 23.7 Å². The number of carbonyl (C=O) groups excluding carboxylic acids is 2. The number of ether oxygens (including phenoxy) is 2. The van der Waals surface area contributed by atoms with E-state index in [-0.39, 0.29) is 22.8 Å². The number of nitrogens with zero attached hydrogens (tertiary/aromatic N) is 2. The molecule has 0 spiro atoms. The summed E-state index contributed by atoms with van der Waals surface area (Å²) in [7, 11) is 2.23. The van der Waals surface area contributed by atoms with Crippen LogP contribution in [0.1, 0.15) is 10.5 Å². The maximum atomic E-state index is 13.7. The first kappa shape index (κ1) is 18.6. The van der Waals surface area contributed by atoms with E-state index in [1.54, 1.807) is 0 Å². The van der Waals surface area contributed by atoms with Gasteiger partial charge in [-0.05, 0) is 24.3 Å². The number of anilines is 1. The average Bonchev–Trinajstić information content (AvgIpc) is 3.10. The van der Waals surface area contributed by atoms with Gasteiger partial charge in [0.05, 0.1) is 31.7 Å². The molecule has 0 atom stereocenters. The molecule has 1 aromatic heterocycles. The normalized spacial score (nSPS) is 11.0. The minimum absolute atomic E-state index is 0.0468. The van der Waals surface area contributed by atoms with Gasteiger partial charge >= 0.3 is 17.9 Å². The van der Waals surface area contributed by atoms with Gasteiger partial charge in [0.25, 0.3) is 0 Å². The number of halogens is 1. The van der Waals surface area contributed by atoms with E-state index in [9.17, 15) is 18.8 Å². The molecule has 136 valence electrons. The van der Waals surface area contributed by atoms with Crippen molar-refractivity contribution >= 4 is 23.6 Å². The predicted molar refractivity (Wildman–Crippen MR) is 86.2 cm³/mol. The first-order valence-electron chi connectivity index (χ1n) is 7.09. The fourth-order valence-electron chi connectivity index (χ4n) is 1.96. The summed E-state index contributed by atoms with van der Waals surface area (Å²) in [6.07, 6.45) is 2.19. The van der Waals surface area contributed by atoms with Crippen molar-refractivity contribution in [1.29, 1.82) is 0 Å². The maximum absolute atomic E-state index is 13.7. The molecule has 0 amide bonds. The molecule has 0 radical (unpaired) electrons. The Morgan fingerprint density at radius 3 is 2.54 bits per heavy atom. The van der Waals surface area contributed by atoms with Crippen molar-refractivity contribution in [2.45, 2.75) is 0 Å². The summed E-state index contributed by atoms with van der Waals surface area (Å²) in [4.78, 5) is 34.2. The summed E-state index contributed by atoms with van der Waals surface area (Å²) in [5, 5.41) is 15.4. The van der Waals surface area contributed by atoms with Crippen LogP contribution in [0.3, 0.4) is 0 Å². The van der Waals surface area contributed by atoms with E-state index in [0.717, 1.165) is 32.4 Å². The largest absolute Gasteiger partial charge is 0.476 e. The highest BCUT2D eigenvalue weighted by molar-refractivity contribution is 5.99. The number of hydrogen-bond donors (Lipinski definition) is 2. The van der Waals surface area contributed by atoms with Crippen molar-refractivity contribution in [2.75, 3.05) is 19.5 Å². The highest BCUT2D eigenvalue weighted by Gasteiger charge is 2.17. The van der Waals surface area contributed by atoms with Crippen LogP contribution in [0.15, 0.2) is 42.2 Å². The second kappa shape index (κ2) is 7.92. The highest BCUT2D eigenvalue weighted by atomic mass is 19.1. The molecule has 0 aliphatic carbocycles. The average molecular weight is 363 g/mol. The van der Waals surface area contributed by atoms with Crippen LogP contribution in [0, 0.1) is 5.82 Å². The summed E-state index contributed by atoms with van der Waals surface area (Å²) in [5.41, 5.74) is -0.250. The second-order valence-electron chi connectivity index (χ2n) is 4.81. The number of carbonyl (C=O) groups is 3. The standard InChI is InChI=1S/C16H14FN3O6/c1-25-14(21)8-12(16(24)26-2)18-11-7-9(17)3-4-13(11)20-6-5-10(19-20)15(22)23/h3-8,18H,1-2H3,(H,22,23)/b12-8+. The van der Waals surface area contributed by atoms with Crippen LogP contribution in [0.5, 0.6) is 0 Å². The fraction of sp³-hybridized carbons (Fsp3) is 0.125. The van der Waals surface area contributed by atoms with Crippen LogP contribution in [0.25, 0.3) is 5.69 Å². The lowest BCUT2D eigenvalue weighted by molar-refractivity contribution is -0.138. The molecular weight excluding hydrogens is 349 g/mol. The number of rotatable bonds is 6. The first-order chi connectivity index (χ1) is 12.3. The third kappa shape index (κ3) is 4.23. The molecule has 10 heteroatoms. The second-order valence-corrected chi connectivity index (χ2v) is 4.81. The minimum atomic E-state index is -1.23. The fourth-order valence-corrected chi connectivity index (χ4v) is 1.96. The SMILES string of the molecule is COC(=O)/C=C(/Nc1cc(F)ccc1-n1ccc(C(=O)O)n1)C(=O)OC. The monoisotopic (exact) mass is 363 g/mol. The summed E-state index contributed by atoms with van der Waals surface area (Å²) in [6.45, 7) is 0. The summed E-state index contributed by atoms with van der Waals surface area (Å²) in [6, 6.07) is 4.75. The van der Waals surface area contributed by atoms with Gasteiger partial charge in [0.1, 0.15) is 11.5 Å². The van der Waals surface area contributed by atoms with E-state index in [2.05, 4.69) is 19.9 Å². The van der Waals surface area contributed by atoms with Gasteiger partial charge in [-0.3, -0.25) is 0 Å². The van der Waals surface area contributed by atoms with Crippen LogP contribution in [0.4, 0.5) is 10.1 Å². The number of esters is 2. The van der Waals surface area contributed by atoms with Gasteiger partial charge in [0.2, 0.25) is 0 Å². The Hall–Kier alpha value is -3.69. The molecule has 0 unspecified atom stereocenters. The van der Waals surface area contributed by atoms with Crippen LogP contribution in [-0.4, -0.2) is 47.0 Å². The zero-order chi connectivity index (χ0) is 19.3. The molecule has 0 aliphatic heterocycles. The summed E-state index contributed by atoms with van der Waals surface area (Å²) in [5.74, 6) is -3.59. The molecule has 0 saturated heterocycles. The molecule has 26 heavy (non-hydrogen) atoms. The molecule has 2 rings (SSSR count). The van der Waals surface area contributed by atoms with Gasteiger partial charge in [-0.15, -0.1) is 0 Å². The number of carboxylic acid groups (broad SMARTS) is 1. The van der Waals surface area contributed by atoms with Crippen molar-refractivity contribution in [3.8, 4) is 5.69 Å². The number of nitrogens with one attached hydrogen (secondary N) is 1. The zero-order valence-corrected chi connectivity index (χ0v) is 13.7. The lowest BCUT2D eigenvalue weighted by Gasteiger charge is -2.13. The highest BCUT2D eigenvalue weighted by Crippen LogP contribution is 2.23. The molecule has 1 heterocycles. The van der Waals surface area contributed by atoms with Crippen LogP contribution < -0.4 is 5.32 Å². The zero-order valence-electron chi connectivity index (χ0n) is 13.7. The Kier molecular flexibility index (Phi) is 5.68. The summed E-state index contributed by atoms with van der Waals surface area (Å²) >= 11 is 0. The predicted octanol–water partition coefficient (Wildman–Crippen LogP) is 1.35. The minimum Gasteiger partial charge on any atom is -0.476 e. The van der Waals surface area contributed by atoms with Crippen LogP contribution >= 0.6 is 0 Å². The molecule has 0 aliphatic rings. The number of aromatic carboxylic acids is 1. The molecule has 9 nitrogen and oxygen atoms in total. The molecule has 0 saturated carbocycles. The topological polar surface area (TPSA) is 120 Å². The third-order valence-corrected chi connectivity index (χ3v) is 3.15. The molecule has 2 N–H and O–H groups in total. The van der Waals surface area contributed by atoms with Crippen molar-refractivity contribution in [1.82, 2.24) is 9.78 Å². The van der Waals surface area contributed by atoms with Gasteiger partial charge in [-0.1, -0.05) is 0 Å². The Balaban J connectivity index is 2.48. The number of carboxylic acids is 1. The van der Waals surface area contributed by atoms with E-state index in [1.165, 1.54) is 23.0 Å². The van der Waals surface area contributed by atoms with E-state index in [0.29, 0.717) is 0 Å². The molecule has 2 aromatic rings. The molecule has 1 aromatic carbocycles. The Morgan fingerprint density at radius 1 is 1.23 bits per heavy atom. The number of methoxy groups -OCH3 is 2. The quantitative estimate of drug-likeness (QED) is 0.583. The van der Waals surface area contributed by atoms with Gasteiger partial charge < -0.3 is 19.9 Å². The Bertz CT molecular complexity index is 890. The molecular formula is C16H14FN3O6. The van der Waals surface area contributed by atoms with Crippen LogP contribution in [0.2, 0.25) is 0 Å². The van der Waals surface area contributed by atoms with Crippen molar-refractivity contribution in [3.05, 3.63) is 53.7 Å². The molecule has 0 fully saturated rings. The van der Waals surface area contributed by atoms with Crippen molar-refractivity contribution < 1.29 is 33.4 Å². The Morgan fingerprint density at radius 2 is 1.96 bits per heavy atom. The Labute approximate surface area is 146 Å². The summed E-state index contributed by atoms with van der Waals surface area (Å²) < 4.78 is 23.9. The van der Waals surface area contributed by atoms with E-state index >= 15 is 0 Å². The van der Waals surface area contributed by atoms with Gasteiger partial charge in [0, 0.05) is 6.20 Å². The third-order valence-electron chi connectivity index (χ3n) is 3.15. The van der Waals surface area contributed by atoms with Gasteiger partial charge in [0.15, 0.2) is 5.69 Å². The molecule has 0 bridgehead atoms. The van der Waals surface area contributed by atoms with E-state index in [1.807, 2.05) is 0 Å². The van der Waals surface area contributed by atoms with Crippen molar-refractivity contribution in [3.63, 3.8) is 0 Å². The maximum Gasteiger partial charge on any atom is 0.356 e. The van der Waals surface area contributed by atoms with Gasteiger partial charge in [-0.2, -0.15) is 5.10 Å². The van der Waals surface area contributed by atoms with E-state index in [4.69, 9.17) is 5.11 Å². The van der Waals surface area contributed by atoms with Crippen LogP contribution in [-0.2, 0) is 19.1 Å². The first-order valence-corrected chi connectivity index (χ1v) is 7.09. The van der Waals surface area contributed by atoms with Gasteiger partial charge in [-0.25, -0.2) is 23.5 Å². The lowest BCUT2D eigenvalue weighted by Crippen LogP contribution is -2.17. The van der Waals surface area contributed by atoms with Crippen molar-refractivity contribution in [2.24, 2.45) is 0 Å². The lowest BCUT2D eigenvalue weighted by atomic mass is 10.2.